The Hall–Kier alpha value is -3.02. The number of ether oxygens (including phenoxy) is 2. The third-order valence-corrected chi connectivity index (χ3v) is 3.82. The minimum Gasteiger partial charge on any atom is -0.496 e. The van der Waals surface area contributed by atoms with Gasteiger partial charge < -0.3 is 20.1 Å². The van der Waals surface area contributed by atoms with Crippen LogP contribution in [0.5, 0.6) is 11.5 Å². The monoisotopic (exact) mass is 356 g/mol. The number of methoxy groups -OCH3 is 2. The number of amides is 2. The summed E-state index contributed by atoms with van der Waals surface area (Å²) >= 11 is 0. The molecule has 0 aromatic heterocycles. The zero-order valence-electron chi connectivity index (χ0n) is 15.3. The van der Waals surface area contributed by atoms with Gasteiger partial charge in [-0.25, -0.2) is 0 Å². The highest BCUT2D eigenvalue weighted by molar-refractivity contribution is 6.08. The van der Waals surface area contributed by atoms with Gasteiger partial charge in [0, 0.05) is 17.8 Å². The Morgan fingerprint density at radius 1 is 0.923 bits per heavy atom. The minimum atomic E-state index is -0.353. The smallest absolute Gasteiger partial charge is 0.263 e. The van der Waals surface area contributed by atoms with Crippen LogP contribution >= 0.6 is 0 Å². The average Bonchev–Trinajstić information content (AvgIpc) is 2.65. The summed E-state index contributed by atoms with van der Waals surface area (Å²) in [6.07, 6.45) is 2.28. The van der Waals surface area contributed by atoms with Crippen molar-refractivity contribution >= 4 is 23.2 Å². The zero-order chi connectivity index (χ0) is 18.9. The fourth-order valence-electron chi connectivity index (χ4n) is 2.50. The van der Waals surface area contributed by atoms with Gasteiger partial charge in [-0.3, -0.25) is 9.59 Å². The van der Waals surface area contributed by atoms with E-state index >= 15 is 0 Å². The van der Waals surface area contributed by atoms with Gasteiger partial charge in [-0.1, -0.05) is 25.5 Å². The van der Waals surface area contributed by atoms with E-state index in [0.29, 0.717) is 34.9 Å². The summed E-state index contributed by atoms with van der Waals surface area (Å²) in [6, 6.07) is 12.2. The molecule has 0 bridgehead atoms. The number of benzene rings is 2. The van der Waals surface area contributed by atoms with E-state index in [0.717, 1.165) is 12.8 Å². The lowest BCUT2D eigenvalue weighted by Crippen LogP contribution is -2.15. The molecule has 26 heavy (non-hydrogen) atoms. The van der Waals surface area contributed by atoms with Crippen molar-refractivity contribution in [1.29, 1.82) is 0 Å². The van der Waals surface area contributed by atoms with Crippen LogP contribution in [0.2, 0.25) is 0 Å². The van der Waals surface area contributed by atoms with Crippen molar-refractivity contribution in [3.8, 4) is 11.5 Å². The molecule has 2 N–H and O–H groups in total. The lowest BCUT2D eigenvalue weighted by Gasteiger charge is -2.13. The summed E-state index contributed by atoms with van der Waals surface area (Å²) in [5.74, 6) is 0.451. The second-order valence-electron chi connectivity index (χ2n) is 5.72. The molecule has 138 valence electrons. The molecule has 2 rings (SSSR count). The third kappa shape index (κ3) is 4.99. The molecule has 2 aromatic carbocycles. The molecule has 0 saturated heterocycles. The molecule has 6 nitrogen and oxygen atoms in total. The van der Waals surface area contributed by atoms with Gasteiger partial charge in [0.1, 0.15) is 17.1 Å². The molecule has 0 atom stereocenters. The van der Waals surface area contributed by atoms with Crippen LogP contribution in [0, 0.1) is 0 Å². The van der Waals surface area contributed by atoms with Crippen LogP contribution in [-0.2, 0) is 4.79 Å². The Balaban J connectivity index is 2.15. The van der Waals surface area contributed by atoms with Crippen molar-refractivity contribution in [3.05, 3.63) is 48.0 Å². The van der Waals surface area contributed by atoms with Gasteiger partial charge in [0.15, 0.2) is 0 Å². The molecule has 0 spiro atoms. The van der Waals surface area contributed by atoms with Gasteiger partial charge in [0.2, 0.25) is 5.91 Å². The van der Waals surface area contributed by atoms with Gasteiger partial charge in [-0.05, 0) is 36.8 Å². The Labute approximate surface area is 153 Å². The molecule has 0 fully saturated rings. The number of hydrogen-bond acceptors (Lipinski definition) is 4. The number of carbonyl (C=O) groups is 2. The van der Waals surface area contributed by atoms with E-state index in [9.17, 15) is 9.59 Å². The summed E-state index contributed by atoms with van der Waals surface area (Å²) in [5, 5.41) is 5.65. The lowest BCUT2D eigenvalue weighted by molar-refractivity contribution is -0.116. The maximum absolute atomic E-state index is 12.7. The molecule has 0 saturated carbocycles. The standard InChI is InChI=1S/C20H24N2O4/c1-4-5-12-18(23)21-14-8-6-9-15(13-14)22-20(24)19-16(25-2)10-7-11-17(19)26-3/h6-11,13H,4-5,12H2,1-3H3,(H,21,23)(H,22,24). The Morgan fingerprint density at radius 3 is 2.08 bits per heavy atom. The van der Waals surface area contributed by atoms with E-state index in [1.54, 1.807) is 42.5 Å². The van der Waals surface area contributed by atoms with E-state index in [1.165, 1.54) is 14.2 Å². The molecule has 0 aliphatic carbocycles. The van der Waals surface area contributed by atoms with Gasteiger partial charge in [0.25, 0.3) is 5.91 Å². The lowest BCUT2D eigenvalue weighted by atomic mass is 10.1. The maximum atomic E-state index is 12.7. The van der Waals surface area contributed by atoms with Gasteiger partial charge in [0.05, 0.1) is 14.2 Å². The normalized spacial score (nSPS) is 10.1. The first-order valence-electron chi connectivity index (χ1n) is 8.51. The van der Waals surface area contributed by atoms with E-state index in [2.05, 4.69) is 10.6 Å². The van der Waals surface area contributed by atoms with Crippen LogP contribution in [0.3, 0.4) is 0 Å². The molecule has 0 aliphatic rings. The highest BCUT2D eigenvalue weighted by Crippen LogP contribution is 2.29. The summed E-state index contributed by atoms with van der Waals surface area (Å²) in [5.41, 5.74) is 1.52. The van der Waals surface area contributed by atoms with Crippen LogP contribution in [0.15, 0.2) is 42.5 Å². The summed E-state index contributed by atoms with van der Waals surface area (Å²) in [6.45, 7) is 2.04. The molecule has 0 heterocycles. The van der Waals surface area contributed by atoms with E-state index in [-0.39, 0.29) is 11.8 Å². The molecule has 0 unspecified atom stereocenters. The number of nitrogens with one attached hydrogen (secondary N) is 2. The summed E-state index contributed by atoms with van der Waals surface area (Å²) in [7, 11) is 3.00. The fraction of sp³-hybridized carbons (Fsp3) is 0.300. The molecule has 0 aliphatic heterocycles. The topological polar surface area (TPSA) is 76.7 Å². The van der Waals surface area contributed by atoms with Crippen molar-refractivity contribution in [2.24, 2.45) is 0 Å². The summed E-state index contributed by atoms with van der Waals surface area (Å²) in [4.78, 5) is 24.6. The Kier molecular flexibility index (Phi) is 7.02. The van der Waals surface area contributed by atoms with Crippen LogP contribution in [0.1, 0.15) is 36.5 Å². The fourth-order valence-corrected chi connectivity index (χ4v) is 2.50. The van der Waals surface area contributed by atoms with Gasteiger partial charge in [-0.15, -0.1) is 0 Å². The second kappa shape index (κ2) is 9.46. The number of anilines is 2. The van der Waals surface area contributed by atoms with Crippen molar-refractivity contribution in [3.63, 3.8) is 0 Å². The number of hydrogen-bond donors (Lipinski definition) is 2. The SMILES string of the molecule is CCCCC(=O)Nc1cccc(NC(=O)c2c(OC)cccc2OC)c1. The number of unbranched alkanes of at least 4 members (excludes halogenated alkanes) is 1. The first kappa shape index (κ1) is 19.3. The van der Waals surface area contributed by atoms with Crippen molar-refractivity contribution in [2.75, 3.05) is 24.9 Å². The molecule has 2 amide bonds. The summed E-state index contributed by atoms with van der Waals surface area (Å²) < 4.78 is 10.5. The van der Waals surface area contributed by atoms with Crippen LogP contribution < -0.4 is 20.1 Å². The zero-order valence-corrected chi connectivity index (χ0v) is 15.3. The molecule has 0 radical (unpaired) electrons. The largest absolute Gasteiger partial charge is 0.496 e. The van der Waals surface area contributed by atoms with Crippen molar-refractivity contribution in [2.45, 2.75) is 26.2 Å². The van der Waals surface area contributed by atoms with Gasteiger partial charge in [-0.2, -0.15) is 0 Å². The molecular weight excluding hydrogens is 332 g/mol. The number of carbonyl (C=O) groups excluding carboxylic acids is 2. The van der Waals surface area contributed by atoms with Crippen LogP contribution in [0.25, 0.3) is 0 Å². The number of rotatable bonds is 8. The van der Waals surface area contributed by atoms with E-state index < -0.39 is 0 Å². The predicted octanol–water partition coefficient (Wildman–Crippen LogP) is 4.08. The highest BCUT2D eigenvalue weighted by atomic mass is 16.5. The Bertz CT molecular complexity index is 752. The van der Waals surface area contributed by atoms with E-state index in [4.69, 9.17) is 9.47 Å². The second-order valence-corrected chi connectivity index (χ2v) is 5.72. The molecule has 6 heteroatoms. The third-order valence-electron chi connectivity index (χ3n) is 3.82. The van der Waals surface area contributed by atoms with E-state index in [1.807, 2.05) is 6.92 Å². The van der Waals surface area contributed by atoms with Crippen molar-refractivity contribution < 1.29 is 19.1 Å². The quantitative estimate of drug-likeness (QED) is 0.747. The predicted molar refractivity (Wildman–Crippen MR) is 102 cm³/mol. The first-order chi connectivity index (χ1) is 12.6. The average molecular weight is 356 g/mol. The minimum absolute atomic E-state index is 0.0401. The van der Waals surface area contributed by atoms with Gasteiger partial charge >= 0.3 is 0 Å². The molecular formula is C20H24N2O4. The maximum Gasteiger partial charge on any atom is 0.263 e. The Morgan fingerprint density at radius 2 is 1.50 bits per heavy atom. The molecule has 2 aromatic rings. The van der Waals surface area contributed by atoms with Crippen molar-refractivity contribution in [1.82, 2.24) is 0 Å². The highest BCUT2D eigenvalue weighted by Gasteiger charge is 2.18. The first-order valence-corrected chi connectivity index (χ1v) is 8.51. The van der Waals surface area contributed by atoms with Crippen LogP contribution in [0.4, 0.5) is 11.4 Å². The van der Waals surface area contributed by atoms with Crippen LogP contribution in [-0.4, -0.2) is 26.0 Å².